The molecule has 0 saturated carbocycles. The van der Waals surface area contributed by atoms with Gasteiger partial charge in [-0.3, -0.25) is 0 Å². The van der Waals surface area contributed by atoms with E-state index in [1.54, 1.807) is 13.1 Å². The molecule has 0 aromatic carbocycles. The summed E-state index contributed by atoms with van der Waals surface area (Å²) in [6.07, 6.45) is 2.55. The molecule has 0 atom stereocenters. The Morgan fingerprint density at radius 3 is 2.46 bits per heavy atom. The molecule has 1 heterocycles. The molecule has 72 valence electrons. The molecule has 13 heavy (non-hydrogen) atoms. The highest BCUT2D eigenvalue weighted by atomic mass is 19.1. The second-order valence-corrected chi connectivity index (χ2v) is 4.69. The standard InChI is InChI=1S/C11H16FN/c1-8-5-9(6-11(2,3)4)7-13-10(8)12/h5,7H,6H2,1-4H3. The molecule has 0 unspecified atom stereocenters. The topological polar surface area (TPSA) is 12.9 Å². The zero-order chi connectivity index (χ0) is 10.1. The monoisotopic (exact) mass is 181 g/mol. The van der Waals surface area contributed by atoms with Gasteiger partial charge in [-0.25, -0.2) is 4.98 Å². The number of aryl methyl sites for hydroxylation is 1. The lowest BCUT2D eigenvalue weighted by molar-refractivity contribution is 0.409. The molecule has 2 heteroatoms. The fourth-order valence-corrected chi connectivity index (χ4v) is 1.33. The van der Waals surface area contributed by atoms with E-state index in [0.717, 1.165) is 12.0 Å². The van der Waals surface area contributed by atoms with Crippen molar-refractivity contribution in [2.75, 3.05) is 0 Å². The summed E-state index contributed by atoms with van der Waals surface area (Å²) in [4.78, 5) is 3.70. The average Bonchev–Trinajstić information content (AvgIpc) is 1.94. The molecule has 1 nitrogen and oxygen atoms in total. The molecule has 0 aliphatic heterocycles. The van der Waals surface area contributed by atoms with E-state index in [0.29, 0.717) is 5.56 Å². The van der Waals surface area contributed by atoms with E-state index in [-0.39, 0.29) is 11.4 Å². The second-order valence-electron chi connectivity index (χ2n) is 4.69. The Balaban J connectivity index is 2.86. The second kappa shape index (κ2) is 3.44. The highest BCUT2D eigenvalue weighted by Crippen LogP contribution is 2.20. The van der Waals surface area contributed by atoms with Gasteiger partial charge in [0.15, 0.2) is 0 Å². The Labute approximate surface area is 79.0 Å². The first-order valence-electron chi connectivity index (χ1n) is 4.49. The van der Waals surface area contributed by atoms with Crippen molar-refractivity contribution in [2.24, 2.45) is 5.41 Å². The summed E-state index contributed by atoms with van der Waals surface area (Å²) < 4.78 is 12.8. The maximum Gasteiger partial charge on any atom is 0.215 e. The van der Waals surface area contributed by atoms with Gasteiger partial charge in [-0.05, 0) is 30.4 Å². The third-order valence-corrected chi connectivity index (χ3v) is 1.81. The first-order valence-corrected chi connectivity index (χ1v) is 4.49. The molecule has 0 saturated heterocycles. The van der Waals surface area contributed by atoms with E-state index in [1.807, 2.05) is 6.07 Å². The van der Waals surface area contributed by atoms with Crippen LogP contribution in [-0.4, -0.2) is 4.98 Å². The van der Waals surface area contributed by atoms with Gasteiger partial charge in [0.2, 0.25) is 5.95 Å². The van der Waals surface area contributed by atoms with Crippen LogP contribution in [0.2, 0.25) is 0 Å². The van der Waals surface area contributed by atoms with Crippen molar-refractivity contribution in [3.05, 3.63) is 29.3 Å². The van der Waals surface area contributed by atoms with Crippen LogP contribution in [0.1, 0.15) is 31.9 Å². The lowest BCUT2D eigenvalue weighted by atomic mass is 9.88. The van der Waals surface area contributed by atoms with E-state index in [4.69, 9.17) is 0 Å². The van der Waals surface area contributed by atoms with Gasteiger partial charge in [0.1, 0.15) is 0 Å². The fourth-order valence-electron chi connectivity index (χ4n) is 1.33. The summed E-state index contributed by atoms with van der Waals surface area (Å²) in [5, 5.41) is 0. The number of hydrogen-bond acceptors (Lipinski definition) is 1. The van der Waals surface area contributed by atoms with Crippen molar-refractivity contribution in [1.29, 1.82) is 0 Å². The largest absolute Gasteiger partial charge is 0.228 e. The minimum Gasteiger partial charge on any atom is -0.228 e. The summed E-state index contributed by atoms with van der Waals surface area (Å²) in [7, 11) is 0. The minimum absolute atomic E-state index is 0.228. The van der Waals surface area contributed by atoms with Gasteiger partial charge >= 0.3 is 0 Å². The first kappa shape index (κ1) is 10.2. The number of nitrogens with zero attached hydrogens (tertiary/aromatic N) is 1. The zero-order valence-corrected chi connectivity index (χ0v) is 8.69. The van der Waals surface area contributed by atoms with Crippen LogP contribution in [0.15, 0.2) is 12.3 Å². The van der Waals surface area contributed by atoms with Gasteiger partial charge in [0, 0.05) is 11.8 Å². The predicted molar refractivity (Wildman–Crippen MR) is 52.1 cm³/mol. The lowest BCUT2D eigenvalue weighted by Gasteiger charge is -2.17. The van der Waals surface area contributed by atoms with E-state index in [9.17, 15) is 4.39 Å². The molecule has 0 aliphatic carbocycles. The van der Waals surface area contributed by atoms with Gasteiger partial charge in [-0.15, -0.1) is 0 Å². The third-order valence-electron chi connectivity index (χ3n) is 1.81. The fraction of sp³-hybridized carbons (Fsp3) is 0.545. The quantitative estimate of drug-likeness (QED) is 0.606. The Morgan fingerprint density at radius 2 is 2.00 bits per heavy atom. The van der Waals surface area contributed by atoms with Crippen molar-refractivity contribution in [3.63, 3.8) is 0 Å². The third kappa shape index (κ3) is 3.13. The molecule has 0 amide bonds. The minimum atomic E-state index is -0.363. The zero-order valence-electron chi connectivity index (χ0n) is 8.69. The van der Waals surface area contributed by atoms with Crippen LogP contribution in [0.25, 0.3) is 0 Å². The Hall–Kier alpha value is -0.920. The van der Waals surface area contributed by atoms with Crippen LogP contribution in [0, 0.1) is 18.3 Å². The highest BCUT2D eigenvalue weighted by molar-refractivity contribution is 5.18. The smallest absolute Gasteiger partial charge is 0.215 e. The molecule has 1 rings (SSSR count). The lowest BCUT2D eigenvalue weighted by Crippen LogP contribution is -2.09. The Kier molecular flexibility index (Phi) is 2.69. The first-order chi connectivity index (χ1) is 5.88. The van der Waals surface area contributed by atoms with Crippen molar-refractivity contribution < 1.29 is 4.39 Å². The van der Waals surface area contributed by atoms with Crippen molar-refractivity contribution >= 4 is 0 Å². The Bertz CT molecular complexity index is 299. The molecule has 0 bridgehead atoms. The normalized spacial score (nSPS) is 11.8. The summed E-state index contributed by atoms with van der Waals surface area (Å²) >= 11 is 0. The Morgan fingerprint density at radius 1 is 1.38 bits per heavy atom. The van der Waals surface area contributed by atoms with Gasteiger partial charge in [-0.1, -0.05) is 20.8 Å². The average molecular weight is 181 g/mol. The molecule has 1 aromatic heterocycles. The number of rotatable bonds is 1. The molecule has 0 spiro atoms. The molecule has 1 aromatic rings. The van der Waals surface area contributed by atoms with Crippen LogP contribution in [0.3, 0.4) is 0 Å². The van der Waals surface area contributed by atoms with E-state index >= 15 is 0 Å². The number of hydrogen-bond donors (Lipinski definition) is 0. The van der Waals surface area contributed by atoms with Crippen molar-refractivity contribution in [1.82, 2.24) is 4.98 Å². The van der Waals surface area contributed by atoms with Gasteiger partial charge in [0.25, 0.3) is 0 Å². The van der Waals surface area contributed by atoms with E-state index in [2.05, 4.69) is 25.8 Å². The maximum absolute atomic E-state index is 12.8. The van der Waals surface area contributed by atoms with Gasteiger partial charge in [-0.2, -0.15) is 4.39 Å². The van der Waals surface area contributed by atoms with Gasteiger partial charge in [0.05, 0.1) is 0 Å². The summed E-state index contributed by atoms with van der Waals surface area (Å²) in [5.41, 5.74) is 1.96. The van der Waals surface area contributed by atoms with E-state index < -0.39 is 0 Å². The van der Waals surface area contributed by atoms with Crippen LogP contribution in [-0.2, 0) is 6.42 Å². The summed E-state index contributed by atoms with van der Waals surface area (Å²) in [5.74, 6) is -0.363. The molecule has 0 radical (unpaired) electrons. The van der Waals surface area contributed by atoms with Crippen molar-refractivity contribution in [3.8, 4) is 0 Å². The summed E-state index contributed by atoms with van der Waals surface area (Å²) in [6, 6.07) is 1.87. The molecular weight excluding hydrogens is 165 g/mol. The highest BCUT2D eigenvalue weighted by Gasteiger charge is 2.12. The number of pyridine rings is 1. The van der Waals surface area contributed by atoms with Crippen molar-refractivity contribution in [2.45, 2.75) is 34.1 Å². The van der Waals surface area contributed by atoms with Crippen LogP contribution in [0.5, 0.6) is 0 Å². The molecule has 0 fully saturated rings. The number of aromatic nitrogens is 1. The van der Waals surface area contributed by atoms with Crippen LogP contribution in [0.4, 0.5) is 4.39 Å². The summed E-state index contributed by atoms with van der Waals surface area (Å²) in [6.45, 7) is 8.22. The SMILES string of the molecule is Cc1cc(CC(C)(C)C)cnc1F. The van der Waals surface area contributed by atoms with Crippen LogP contribution >= 0.6 is 0 Å². The van der Waals surface area contributed by atoms with Gasteiger partial charge < -0.3 is 0 Å². The maximum atomic E-state index is 12.8. The molecule has 0 aliphatic rings. The van der Waals surface area contributed by atoms with Crippen LogP contribution < -0.4 is 0 Å². The predicted octanol–water partition coefficient (Wildman–Crippen LogP) is 3.12. The molecule has 0 N–H and O–H groups in total. The molecular formula is C11H16FN. The van der Waals surface area contributed by atoms with E-state index in [1.165, 1.54) is 0 Å². The number of halogens is 1.